The molecule has 0 aliphatic rings. The van der Waals surface area contributed by atoms with Gasteiger partial charge in [0.2, 0.25) is 0 Å². The summed E-state index contributed by atoms with van der Waals surface area (Å²) in [7, 11) is 0. The van der Waals surface area contributed by atoms with Gasteiger partial charge in [-0.1, -0.05) is 42.1 Å². The third-order valence-corrected chi connectivity index (χ3v) is 5.98. The van der Waals surface area contributed by atoms with E-state index in [1.807, 2.05) is 44.2 Å². The molecule has 1 aromatic heterocycles. The quantitative estimate of drug-likeness (QED) is 0.280. The van der Waals surface area contributed by atoms with Crippen LogP contribution in [0.25, 0.3) is 10.9 Å². The van der Waals surface area contributed by atoms with Gasteiger partial charge in [0, 0.05) is 18.7 Å². The third-order valence-electron chi connectivity index (χ3n) is 5.03. The number of hydrogen-bond acceptors (Lipinski definition) is 6. The highest BCUT2D eigenvalue weighted by molar-refractivity contribution is 7.99. The van der Waals surface area contributed by atoms with Gasteiger partial charge in [-0.05, 0) is 44.5 Å². The summed E-state index contributed by atoms with van der Waals surface area (Å²) in [4.78, 5) is 44.4. The fourth-order valence-corrected chi connectivity index (χ4v) is 4.17. The SMILES string of the molecule is CCOC(=O)CSc1nc2cc(C(=O)N(CC)CC)ccc2c(=O)n1Cc1ccccc1. The lowest BCUT2D eigenvalue weighted by atomic mass is 10.1. The molecular weight excluding hydrogens is 426 g/mol. The van der Waals surface area contributed by atoms with Crippen LogP contribution in [0.1, 0.15) is 36.7 Å². The smallest absolute Gasteiger partial charge is 0.316 e. The predicted octanol–water partition coefficient (Wildman–Crippen LogP) is 3.58. The van der Waals surface area contributed by atoms with E-state index in [-0.39, 0.29) is 29.8 Å². The normalized spacial score (nSPS) is 10.8. The number of carbonyl (C=O) groups excluding carboxylic acids is 2. The van der Waals surface area contributed by atoms with Crippen molar-refractivity contribution in [2.24, 2.45) is 0 Å². The van der Waals surface area contributed by atoms with E-state index in [1.165, 1.54) is 0 Å². The van der Waals surface area contributed by atoms with Gasteiger partial charge in [-0.3, -0.25) is 19.0 Å². The van der Waals surface area contributed by atoms with Gasteiger partial charge in [-0.2, -0.15) is 0 Å². The Morgan fingerprint density at radius 2 is 1.78 bits per heavy atom. The molecule has 0 fully saturated rings. The monoisotopic (exact) mass is 453 g/mol. The van der Waals surface area contributed by atoms with Crippen LogP contribution in [0.2, 0.25) is 0 Å². The molecule has 1 amide bonds. The van der Waals surface area contributed by atoms with E-state index >= 15 is 0 Å². The number of nitrogens with zero attached hydrogens (tertiary/aromatic N) is 3. The second-order valence-corrected chi connectivity index (χ2v) is 8.02. The molecule has 3 aromatic rings. The second kappa shape index (κ2) is 10.9. The average molecular weight is 454 g/mol. The summed E-state index contributed by atoms with van der Waals surface area (Å²) in [6, 6.07) is 14.6. The Bertz CT molecular complexity index is 1160. The van der Waals surface area contributed by atoms with E-state index in [9.17, 15) is 14.4 Å². The van der Waals surface area contributed by atoms with Crippen LogP contribution >= 0.6 is 11.8 Å². The molecule has 168 valence electrons. The van der Waals surface area contributed by atoms with Crippen LogP contribution in [0, 0.1) is 0 Å². The fourth-order valence-electron chi connectivity index (χ4n) is 3.37. The maximum absolute atomic E-state index is 13.3. The number of fused-ring (bicyclic) bond motifs is 1. The van der Waals surface area contributed by atoms with Crippen molar-refractivity contribution in [1.29, 1.82) is 0 Å². The van der Waals surface area contributed by atoms with Crippen molar-refractivity contribution in [2.75, 3.05) is 25.4 Å². The molecule has 7 nitrogen and oxygen atoms in total. The van der Waals surface area contributed by atoms with Gasteiger partial charge in [-0.25, -0.2) is 4.98 Å². The summed E-state index contributed by atoms with van der Waals surface area (Å²) < 4.78 is 6.58. The Kier molecular flexibility index (Phi) is 8.05. The van der Waals surface area contributed by atoms with Gasteiger partial charge in [0.05, 0.1) is 29.8 Å². The van der Waals surface area contributed by atoms with Crippen molar-refractivity contribution in [2.45, 2.75) is 32.5 Å². The van der Waals surface area contributed by atoms with Crippen molar-refractivity contribution in [3.63, 3.8) is 0 Å². The molecule has 0 aliphatic heterocycles. The Morgan fingerprint density at radius 3 is 2.44 bits per heavy atom. The van der Waals surface area contributed by atoms with Gasteiger partial charge in [0.25, 0.3) is 11.5 Å². The van der Waals surface area contributed by atoms with E-state index in [4.69, 9.17) is 4.74 Å². The van der Waals surface area contributed by atoms with Crippen molar-refractivity contribution in [1.82, 2.24) is 14.5 Å². The number of aromatic nitrogens is 2. The molecule has 0 atom stereocenters. The number of hydrogen-bond donors (Lipinski definition) is 0. The maximum atomic E-state index is 13.3. The summed E-state index contributed by atoms with van der Waals surface area (Å²) in [6.07, 6.45) is 0. The van der Waals surface area contributed by atoms with Crippen LogP contribution < -0.4 is 5.56 Å². The highest BCUT2D eigenvalue weighted by atomic mass is 32.2. The minimum Gasteiger partial charge on any atom is -0.465 e. The molecule has 0 N–H and O–H groups in total. The Labute approximate surface area is 191 Å². The van der Waals surface area contributed by atoms with Gasteiger partial charge in [-0.15, -0.1) is 0 Å². The largest absolute Gasteiger partial charge is 0.465 e. The van der Waals surface area contributed by atoms with Crippen LogP contribution in [0.4, 0.5) is 0 Å². The van der Waals surface area contributed by atoms with Crippen molar-refractivity contribution in [3.05, 3.63) is 70.0 Å². The molecule has 0 unspecified atom stereocenters. The molecule has 0 aliphatic carbocycles. The molecule has 0 bridgehead atoms. The highest BCUT2D eigenvalue weighted by Gasteiger charge is 2.17. The summed E-state index contributed by atoms with van der Waals surface area (Å²) in [5.41, 5.74) is 1.65. The molecule has 32 heavy (non-hydrogen) atoms. The average Bonchev–Trinajstić information content (AvgIpc) is 2.81. The number of amides is 1. The number of benzene rings is 2. The summed E-state index contributed by atoms with van der Waals surface area (Å²) in [5.74, 6) is -0.435. The van der Waals surface area contributed by atoms with Gasteiger partial charge in [0.15, 0.2) is 5.16 Å². The van der Waals surface area contributed by atoms with Crippen LogP contribution in [0.5, 0.6) is 0 Å². The summed E-state index contributed by atoms with van der Waals surface area (Å²) in [5, 5.41) is 0.837. The van der Waals surface area contributed by atoms with Crippen LogP contribution in [0.3, 0.4) is 0 Å². The summed E-state index contributed by atoms with van der Waals surface area (Å²) in [6.45, 7) is 7.41. The lowest BCUT2D eigenvalue weighted by Crippen LogP contribution is -2.30. The number of ether oxygens (including phenoxy) is 1. The van der Waals surface area contributed by atoms with Crippen molar-refractivity contribution in [3.8, 4) is 0 Å². The second-order valence-electron chi connectivity index (χ2n) is 7.07. The van der Waals surface area contributed by atoms with Crippen molar-refractivity contribution >= 4 is 34.5 Å². The zero-order chi connectivity index (χ0) is 23.1. The molecule has 0 saturated heterocycles. The zero-order valence-electron chi connectivity index (χ0n) is 18.5. The van der Waals surface area contributed by atoms with E-state index < -0.39 is 0 Å². The first-order valence-corrected chi connectivity index (χ1v) is 11.6. The Morgan fingerprint density at radius 1 is 1.06 bits per heavy atom. The van der Waals surface area contributed by atoms with E-state index in [0.29, 0.717) is 41.3 Å². The van der Waals surface area contributed by atoms with Gasteiger partial charge in [0.1, 0.15) is 0 Å². The van der Waals surface area contributed by atoms with E-state index in [1.54, 1.807) is 34.6 Å². The number of thioether (sulfide) groups is 1. The minimum atomic E-state index is -0.372. The first-order chi connectivity index (χ1) is 15.5. The molecule has 3 rings (SSSR count). The Hall–Kier alpha value is -3.13. The standard InChI is InChI=1S/C24H27N3O4S/c1-4-26(5-2)22(29)18-12-13-19-20(14-18)25-24(32-16-21(28)31-6-3)27(23(19)30)15-17-10-8-7-9-11-17/h7-14H,4-6,15-16H2,1-3H3. The molecule has 2 aromatic carbocycles. The predicted molar refractivity (Wildman–Crippen MR) is 126 cm³/mol. The molecular formula is C24H27N3O4S. The fraction of sp³-hybridized carbons (Fsp3) is 0.333. The van der Waals surface area contributed by atoms with Crippen molar-refractivity contribution < 1.29 is 14.3 Å². The first-order valence-electron chi connectivity index (χ1n) is 10.6. The number of rotatable bonds is 9. The number of esters is 1. The highest BCUT2D eigenvalue weighted by Crippen LogP contribution is 2.21. The Balaban J connectivity index is 2.07. The van der Waals surface area contributed by atoms with E-state index in [0.717, 1.165) is 17.3 Å². The topological polar surface area (TPSA) is 81.5 Å². The first kappa shape index (κ1) is 23.5. The summed E-state index contributed by atoms with van der Waals surface area (Å²) >= 11 is 1.15. The zero-order valence-corrected chi connectivity index (χ0v) is 19.4. The lowest BCUT2D eigenvalue weighted by Gasteiger charge is -2.19. The van der Waals surface area contributed by atoms with Gasteiger partial charge < -0.3 is 9.64 Å². The van der Waals surface area contributed by atoms with E-state index in [2.05, 4.69) is 4.98 Å². The van der Waals surface area contributed by atoms with Gasteiger partial charge >= 0.3 is 5.97 Å². The number of carbonyl (C=O) groups is 2. The molecule has 0 saturated carbocycles. The minimum absolute atomic E-state index is 0.0403. The maximum Gasteiger partial charge on any atom is 0.316 e. The molecule has 1 heterocycles. The third kappa shape index (κ3) is 5.37. The molecule has 8 heteroatoms. The molecule has 0 radical (unpaired) electrons. The van der Waals surface area contributed by atoms with Crippen LogP contribution in [-0.4, -0.2) is 51.8 Å². The van der Waals surface area contributed by atoms with Crippen LogP contribution in [-0.2, 0) is 16.1 Å². The van der Waals surface area contributed by atoms with Crippen LogP contribution in [0.15, 0.2) is 58.5 Å². The molecule has 0 spiro atoms. The lowest BCUT2D eigenvalue weighted by molar-refractivity contribution is -0.139.